The highest BCUT2D eigenvalue weighted by molar-refractivity contribution is 5.81. The van der Waals surface area contributed by atoms with Crippen molar-refractivity contribution < 1.29 is 29.0 Å². The second kappa shape index (κ2) is 9.20. The maximum atomic E-state index is 12.2. The van der Waals surface area contributed by atoms with Crippen molar-refractivity contribution in [2.24, 2.45) is 0 Å². The van der Waals surface area contributed by atoms with Crippen LogP contribution in [0.15, 0.2) is 42.5 Å². The summed E-state index contributed by atoms with van der Waals surface area (Å²) in [6.07, 6.45) is -0.293. The number of hydrogen-bond donors (Lipinski definition) is 2. The Balaban J connectivity index is 1.56. The number of esters is 1. The molecule has 0 saturated heterocycles. The van der Waals surface area contributed by atoms with Crippen LogP contribution in [0.3, 0.4) is 0 Å². The van der Waals surface area contributed by atoms with Crippen LogP contribution in [0.4, 0.5) is 4.79 Å². The first-order valence-corrected chi connectivity index (χ1v) is 10.2. The molecule has 1 amide bonds. The number of fused-ring (bicyclic) bond motifs is 3. The zero-order valence-corrected chi connectivity index (χ0v) is 17.9. The monoisotopic (exact) mass is 425 g/mol. The topological polar surface area (TPSA) is 102 Å². The highest BCUT2D eigenvalue weighted by atomic mass is 16.6. The van der Waals surface area contributed by atoms with Crippen LogP contribution >= 0.6 is 0 Å². The molecule has 0 aromatic heterocycles. The number of amides is 1. The molecule has 0 radical (unpaired) electrons. The number of aliphatic carboxylic acids is 1. The third-order valence-corrected chi connectivity index (χ3v) is 4.95. The van der Waals surface area contributed by atoms with Crippen LogP contribution in [0.25, 0.3) is 11.1 Å². The summed E-state index contributed by atoms with van der Waals surface area (Å²) in [6, 6.07) is 12.8. The van der Waals surface area contributed by atoms with Crippen LogP contribution in [0.2, 0.25) is 0 Å². The van der Waals surface area contributed by atoms with Crippen LogP contribution in [0.5, 0.6) is 0 Å². The van der Waals surface area contributed by atoms with Gasteiger partial charge in [-0.3, -0.25) is 4.79 Å². The lowest BCUT2D eigenvalue weighted by Gasteiger charge is -2.20. The maximum absolute atomic E-state index is 12.2. The molecule has 164 valence electrons. The summed E-state index contributed by atoms with van der Waals surface area (Å²) >= 11 is 0. The molecule has 1 aliphatic carbocycles. The van der Waals surface area contributed by atoms with E-state index in [1.54, 1.807) is 20.8 Å². The van der Waals surface area contributed by atoms with Crippen molar-refractivity contribution in [3.63, 3.8) is 0 Å². The first kappa shape index (κ1) is 22.3. The van der Waals surface area contributed by atoms with Gasteiger partial charge in [-0.1, -0.05) is 42.5 Å². The number of hydrogen-bond acceptors (Lipinski definition) is 5. The lowest BCUT2D eigenvalue weighted by atomic mass is 10.0. The zero-order valence-electron chi connectivity index (χ0n) is 17.9. The van der Waals surface area contributed by atoms with Crippen LogP contribution in [0, 0.1) is 0 Å². The second-order valence-electron chi connectivity index (χ2n) is 8.51. The minimum Gasteiger partial charge on any atom is -0.480 e. The van der Waals surface area contributed by atoms with E-state index in [1.807, 2.05) is 30.3 Å². The van der Waals surface area contributed by atoms with Crippen molar-refractivity contribution in [3.05, 3.63) is 59.2 Å². The summed E-state index contributed by atoms with van der Waals surface area (Å²) in [5, 5.41) is 11.7. The maximum Gasteiger partial charge on any atom is 0.408 e. The minimum absolute atomic E-state index is 0.0292. The summed E-state index contributed by atoms with van der Waals surface area (Å²) in [4.78, 5) is 35.5. The van der Waals surface area contributed by atoms with E-state index in [-0.39, 0.29) is 19.4 Å². The summed E-state index contributed by atoms with van der Waals surface area (Å²) < 4.78 is 10.5. The van der Waals surface area contributed by atoms with Crippen molar-refractivity contribution in [2.45, 2.75) is 58.3 Å². The number of carbonyl (C=O) groups excluding carboxylic acids is 2. The molecule has 1 unspecified atom stereocenters. The van der Waals surface area contributed by atoms with Gasteiger partial charge in [-0.15, -0.1) is 0 Å². The predicted octanol–water partition coefficient (Wildman–Crippen LogP) is 4.06. The normalized spacial score (nSPS) is 13.0. The second-order valence-corrected chi connectivity index (χ2v) is 8.51. The van der Waals surface area contributed by atoms with E-state index < -0.39 is 29.7 Å². The van der Waals surface area contributed by atoms with Gasteiger partial charge < -0.3 is 19.9 Å². The number of benzene rings is 2. The Morgan fingerprint density at radius 1 is 1.06 bits per heavy atom. The van der Waals surface area contributed by atoms with Gasteiger partial charge in [-0.25, -0.2) is 9.59 Å². The third kappa shape index (κ3) is 5.84. The van der Waals surface area contributed by atoms with E-state index in [2.05, 4.69) is 17.4 Å². The van der Waals surface area contributed by atoms with Gasteiger partial charge in [0.15, 0.2) is 0 Å². The summed E-state index contributed by atoms with van der Waals surface area (Å²) in [7, 11) is 0. The average molecular weight is 425 g/mol. The molecule has 0 fully saturated rings. The fourth-order valence-electron chi connectivity index (χ4n) is 3.60. The van der Waals surface area contributed by atoms with E-state index in [1.165, 1.54) is 11.1 Å². The number of alkyl carbamates (subject to hydrolysis) is 1. The van der Waals surface area contributed by atoms with Crippen molar-refractivity contribution in [1.29, 1.82) is 0 Å². The standard InChI is InChI=1S/C24H27NO6/c1-24(2,3)31-21(26)12-11-20(22(27)28)25-23(29)30-14-16-8-6-10-18-17-9-5-4-7-15(17)13-19(16)18/h4-10,20H,11-14H2,1-3H3,(H,25,29)(H,27,28). The number of nitrogens with one attached hydrogen (secondary N) is 1. The fourth-order valence-corrected chi connectivity index (χ4v) is 3.60. The summed E-state index contributed by atoms with van der Waals surface area (Å²) in [6.45, 7) is 5.22. The largest absolute Gasteiger partial charge is 0.480 e. The molecule has 0 saturated carbocycles. The van der Waals surface area contributed by atoms with Gasteiger partial charge in [0.1, 0.15) is 18.2 Å². The Labute approximate surface area is 181 Å². The van der Waals surface area contributed by atoms with E-state index in [9.17, 15) is 19.5 Å². The van der Waals surface area contributed by atoms with Crippen LogP contribution in [-0.2, 0) is 32.1 Å². The number of carboxylic acid groups (broad SMARTS) is 1. The van der Waals surface area contributed by atoms with E-state index >= 15 is 0 Å². The minimum atomic E-state index is -1.24. The SMILES string of the molecule is CC(C)(C)OC(=O)CCC(NC(=O)OCc1cccc2c1Cc1ccccc1-2)C(=O)O. The Bertz CT molecular complexity index is 992. The van der Waals surface area contributed by atoms with Gasteiger partial charge >= 0.3 is 18.0 Å². The smallest absolute Gasteiger partial charge is 0.408 e. The molecule has 2 aromatic rings. The Hall–Kier alpha value is -3.35. The molecule has 7 heteroatoms. The summed E-state index contributed by atoms with van der Waals surface area (Å²) in [5.74, 6) is -1.76. The van der Waals surface area contributed by atoms with Gasteiger partial charge in [0.05, 0.1) is 0 Å². The molecule has 2 aromatic carbocycles. The lowest BCUT2D eigenvalue weighted by Crippen LogP contribution is -2.41. The average Bonchev–Trinajstić information content (AvgIpc) is 3.07. The Morgan fingerprint density at radius 3 is 2.48 bits per heavy atom. The molecular weight excluding hydrogens is 398 g/mol. The molecule has 0 bridgehead atoms. The van der Waals surface area contributed by atoms with Crippen molar-refractivity contribution in [3.8, 4) is 11.1 Å². The number of carboxylic acids is 1. The molecule has 0 aliphatic heterocycles. The molecule has 7 nitrogen and oxygen atoms in total. The van der Waals surface area contributed by atoms with E-state index in [0.717, 1.165) is 23.1 Å². The van der Waals surface area contributed by atoms with Crippen LogP contribution < -0.4 is 5.32 Å². The molecule has 0 heterocycles. The predicted molar refractivity (Wildman–Crippen MR) is 115 cm³/mol. The third-order valence-electron chi connectivity index (χ3n) is 4.95. The molecule has 1 atom stereocenters. The fraction of sp³-hybridized carbons (Fsp3) is 0.375. The van der Waals surface area contributed by atoms with Crippen molar-refractivity contribution in [2.75, 3.05) is 0 Å². The number of rotatable bonds is 7. The first-order chi connectivity index (χ1) is 14.6. The van der Waals surface area contributed by atoms with E-state index in [4.69, 9.17) is 9.47 Å². The van der Waals surface area contributed by atoms with Gasteiger partial charge in [-0.05, 0) is 61.4 Å². The highest BCUT2D eigenvalue weighted by Gasteiger charge is 2.25. The van der Waals surface area contributed by atoms with Gasteiger partial charge in [-0.2, -0.15) is 0 Å². The Morgan fingerprint density at radius 2 is 1.77 bits per heavy atom. The van der Waals surface area contributed by atoms with Gasteiger partial charge in [0.25, 0.3) is 0 Å². The zero-order chi connectivity index (χ0) is 22.6. The number of carbonyl (C=O) groups is 3. The van der Waals surface area contributed by atoms with Crippen molar-refractivity contribution in [1.82, 2.24) is 5.32 Å². The molecule has 1 aliphatic rings. The van der Waals surface area contributed by atoms with Crippen LogP contribution in [-0.4, -0.2) is 34.8 Å². The number of ether oxygens (including phenoxy) is 2. The summed E-state index contributed by atoms with van der Waals surface area (Å²) in [5.41, 5.74) is 4.86. The molecule has 31 heavy (non-hydrogen) atoms. The molecule has 3 rings (SSSR count). The first-order valence-electron chi connectivity index (χ1n) is 10.2. The quantitative estimate of drug-likeness (QED) is 0.554. The molecule has 0 spiro atoms. The van der Waals surface area contributed by atoms with Crippen molar-refractivity contribution >= 4 is 18.0 Å². The Kier molecular flexibility index (Phi) is 6.63. The highest BCUT2D eigenvalue weighted by Crippen LogP contribution is 2.38. The molecular formula is C24H27NO6. The lowest BCUT2D eigenvalue weighted by molar-refractivity contribution is -0.155. The molecule has 2 N–H and O–H groups in total. The van der Waals surface area contributed by atoms with Gasteiger partial charge in [0.2, 0.25) is 0 Å². The van der Waals surface area contributed by atoms with Gasteiger partial charge in [0, 0.05) is 6.42 Å². The van der Waals surface area contributed by atoms with E-state index in [0.29, 0.717) is 0 Å². The van der Waals surface area contributed by atoms with Crippen LogP contribution in [0.1, 0.15) is 50.3 Å².